The summed E-state index contributed by atoms with van der Waals surface area (Å²) in [7, 11) is -4.87. The van der Waals surface area contributed by atoms with Gasteiger partial charge in [0.25, 0.3) is 11.7 Å². The van der Waals surface area contributed by atoms with Crippen LogP contribution in [0.2, 0.25) is 0 Å². The van der Waals surface area contributed by atoms with Gasteiger partial charge in [0.2, 0.25) is 0 Å². The summed E-state index contributed by atoms with van der Waals surface area (Å²) >= 11 is 0. The minimum absolute atomic E-state index is 0.0330. The highest BCUT2D eigenvalue weighted by molar-refractivity contribution is 7.80. The summed E-state index contributed by atoms with van der Waals surface area (Å²) < 4.78 is 34.6. The van der Waals surface area contributed by atoms with Crippen LogP contribution in [0.1, 0.15) is 23.5 Å². The van der Waals surface area contributed by atoms with Crippen molar-refractivity contribution < 1.29 is 31.6 Å². The second-order valence-corrected chi connectivity index (χ2v) is 6.19. The average Bonchev–Trinajstić information content (AvgIpc) is 3.16. The predicted octanol–water partition coefficient (Wildman–Crippen LogP) is -3.04. The molecule has 136 valence electrons. The summed E-state index contributed by atoms with van der Waals surface area (Å²) in [5.74, 6) is -1.81. The van der Waals surface area contributed by atoms with Crippen LogP contribution in [0, 0.1) is 0 Å². The van der Waals surface area contributed by atoms with Crippen molar-refractivity contribution in [1.82, 2.24) is 41.4 Å². The van der Waals surface area contributed by atoms with E-state index >= 15 is 0 Å². The van der Waals surface area contributed by atoms with Crippen LogP contribution in [-0.2, 0) is 19.5 Å². The van der Waals surface area contributed by atoms with E-state index in [1.165, 1.54) is 0 Å². The molecule has 0 saturated carbocycles. The second-order valence-electron chi connectivity index (χ2n) is 5.19. The number of rotatable bonds is 4. The molecule has 0 aliphatic carbocycles. The smallest absolute Gasteiger partial charge is 0.309 e. The van der Waals surface area contributed by atoms with Gasteiger partial charge in [0.15, 0.2) is 0 Å². The first-order valence-corrected chi connectivity index (χ1v) is 8.23. The first-order chi connectivity index (χ1) is 11.8. The molecule has 0 aromatic carbocycles. The van der Waals surface area contributed by atoms with E-state index in [4.69, 9.17) is 4.55 Å². The Morgan fingerprint density at radius 3 is 2.72 bits per heavy atom. The Hall–Kier alpha value is -2.85. The zero-order valence-electron chi connectivity index (χ0n) is 12.3. The Balaban J connectivity index is 1.61. The van der Waals surface area contributed by atoms with E-state index in [-0.39, 0.29) is 25.2 Å². The fraction of sp³-hybridized carbons (Fsp3) is 0.556. The van der Waals surface area contributed by atoms with E-state index in [2.05, 4.69) is 35.8 Å². The minimum atomic E-state index is -4.87. The highest BCUT2D eigenvalue weighted by Gasteiger charge is 2.49. The van der Waals surface area contributed by atoms with Crippen molar-refractivity contribution in [3.63, 3.8) is 0 Å². The molecule has 1 aromatic heterocycles. The Kier molecular flexibility index (Phi) is 4.23. The number of piperidine rings is 1. The van der Waals surface area contributed by atoms with E-state index in [1.807, 2.05) is 0 Å². The van der Waals surface area contributed by atoms with Gasteiger partial charge in [-0.1, -0.05) is 0 Å². The van der Waals surface area contributed by atoms with Crippen molar-refractivity contribution in [2.24, 2.45) is 0 Å². The maximum absolute atomic E-state index is 12.2. The lowest BCUT2D eigenvalue weighted by Crippen LogP contribution is -2.54. The van der Waals surface area contributed by atoms with Gasteiger partial charge in [-0.2, -0.15) is 18.7 Å². The van der Waals surface area contributed by atoms with Crippen LogP contribution in [0.4, 0.5) is 4.79 Å². The van der Waals surface area contributed by atoms with Gasteiger partial charge in [-0.05, 0) is 18.1 Å². The molecule has 2 aliphatic rings. The van der Waals surface area contributed by atoms with Gasteiger partial charge < -0.3 is 4.90 Å². The molecule has 2 saturated heterocycles. The van der Waals surface area contributed by atoms with Gasteiger partial charge in [-0.25, -0.2) is 4.79 Å². The van der Waals surface area contributed by atoms with Gasteiger partial charge in [0, 0.05) is 6.54 Å². The van der Waals surface area contributed by atoms with Gasteiger partial charge in [-0.15, -0.1) is 14.5 Å². The summed E-state index contributed by atoms with van der Waals surface area (Å²) in [6.07, 6.45) is 0.459. The van der Waals surface area contributed by atoms with Crippen molar-refractivity contribution in [1.29, 1.82) is 0 Å². The quantitative estimate of drug-likeness (QED) is 0.309. The Morgan fingerprint density at radius 1 is 1.32 bits per heavy atom. The number of carbonyl (C=O) groups excluding carboxylic acids is 3. The number of aromatic amines is 1. The molecule has 2 atom stereocenters. The summed E-state index contributed by atoms with van der Waals surface area (Å²) in [4.78, 5) is 37.0. The molecule has 4 amide bonds. The minimum Gasteiger partial charge on any atom is -0.309 e. The van der Waals surface area contributed by atoms with Crippen LogP contribution in [0.3, 0.4) is 0 Å². The van der Waals surface area contributed by atoms with Crippen LogP contribution in [0.15, 0.2) is 0 Å². The molecule has 0 spiro atoms. The zero-order chi connectivity index (χ0) is 18.2. The lowest BCUT2D eigenvalue weighted by atomic mass is 10.0. The number of fused-ring (bicyclic) bond motifs is 2. The maximum Gasteiger partial charge on any atom is 0.418 e. The third-order valence-corrected chi connectivity index (χ3v) is 4.00. The summed E-state index contributed by atoms with van der Waals surface area (Å²) in [6.45, 7) is 0.0330. The molecular formula is C9H12N8O7S. The van der Waals surface area contributed by atoms with Gasteiger partial charge in [0.1, 0.15) is 6.04 Å². The van der Waals surface area contributed by atoms with Crippen LogP contribution < -0.4 is 10.9 Å². The fourth-order valence-electron chi connectivity index (χ4n) is 2.62. The molecule has 15 nitrogen and oxygen atoms in total. The molecule has 3 heterocycles. The van der Waals surface area contributed by atoms with E-state index < -0.39 is 40.3 Å². The highest BCUT2D eigenvalue weighted by Crippen LogP contribution is 2.30. The Bertz CT molecular complexity index is 795. The molecule has 0 radical (unpaired) electrons. The number of hydrogen-bond acceptors (Lipinski definition) is 9. The fourth-order valence-corrected chi connectivity index (χ4v) is 3.01. The van der Waals surface area contributed by atoms with E-state index in [1.54, 1.807) is 0 Å². The predicted molar refractivity (Wildman–Crippen MR) is 73.2 cm³/mol. The number of hydroxylamine groups is 2. The number of carbonyl (C=O) groups is 3. The van der Waals surface area contributed by atoms with Crippen LogP contribution in [0.25, 0.3) is 0 Å². The first kappa shape index (κ1) is 17.0. The van der Waals surface area contributed by atoms with Crippen LogP contribution in [-0.4, -0.2) is 80.0 Å². The Labute approximate surface area is 139 Å². The normalized spacial score (nSPS) is 22.8. The molecule has 4 N–H and O–H groups in total. The first-order valence-electron chi connectivity index (χ1n) is 6.87. The maximum atomic E-state index is 12.2. The third-order valence-electron chi connectivity index (χ3n) is 3.65. The van der Waals surface area contributed by atoms with Crippen LogP contribution in [0.5, 0.6) is 0 Å². The van der Waals surface area contributed by atoms with E-state index in [9.17, 15) is 22.8 Å². The topological polar surface area (TPSA) is 200 Å². The number of H-pyrrole nitrogens is 1. The number of tetrazole rings is 1. The zero-order valence-corrected chi connectivity index (χ0v) is 13.1. The largest absolute Gasteiger partial charge is 0.418 e. The number of nitrogens with one attached hydrogen (secondary N) is 3. The van der Waals surface area contributed by atoms with Gasteiger partial charge in [-0.3, -0.25) is 25.0 Å². The standard InChI is InChI=1S/C9H12N8O7S/c18-7(12-13-8(19)6-10-14-15-11-6)5-2-1-4-3-16(5)9(20)17(4)24-25(21,22)23/h4-5H,1-3H2,(H,12,18)(H,13,19)(H,21,22,23)(H,10,11,14,15)/t4-,5-/m0/s1. The number of hydrazine groups is 1. The number of amides is 4. The van der Waals surface area contributed by atoms with Crippen molar-refractivity contribution in [3.05, 3.63) is 5.82 Å². The molecule has 0 unspecified atom stereocenters. The van der Waals surface area contributed by atoms with E-state index in [0.717, 1.165) is 4.90 Å². The molecule has 2 bridgehead atoms. The molecule has 3 rings (SSSR count). The molecule has 1 aromatic rings. The van der Waals surface area contributed by atoms with Crippen molar-refractivity contribution in [2.75, 3.05) is 6.54 Å². The summed E-state index contributed by atoms with van der Waals surface area (Å²) in [5, 5.41) is 12.6. The average molecular weight is 376 g/mol. The van der Waals surface area contributed by atoms with Gasteiger partial charge >= 0.3 is 22.3 Å². The number of urea groups is 1. The van der Waals surface area contributed by atoms with E-state index in [0.29, 0.717) is 5.06 Å². The molecule has 2 aliphatic heterocycles. The monoisotopic (exact) mass is 376 g/mol. The Morgan fingerprint density at radius 2 is 2.08 bits per heavy atom. The van der Waals surface area contributed by atoms with Crippen molar-refractivity contribution in [2.45, 2.75) is 24.9 Å². The number of nitrogens with zero attached hydrogens (tertiary/aromatic N) is 5. The third kappa shape index (κ3) is 3.49. The summed E-state index contributed by atoms with van der Waals surface area (Å²) in [5.41, 5.74) is 4.19. The molecule has 16 heteroatoms. The van der Waals surface area contributed by atoms with Crippen molar-refractivity contribution in [3.8, 4) is 0 Å². The lowest BCUT2D eigenvalue weighted by Gasteiger charge is -2.29. The van der Waals surface area contributed by atoms with Crippen molar-refractivity contribution >= 4 is 28.2 Å². The SMILES string of the molecule is O=C(NNC(=O)[C@@H]1CC[C@H]2CN1C(=O)N2OS(=O)(=O)O)c1nn[nH]n1. The lowest BCUT2D eigenvalue weighted by molar-refractivity contribution is -0.126. The molecule has 2 fully saturated rings. The van der Waals surface area contributed by atoms with Gasteiger partial charge in [0.05, 0.1) is 6.04 Å². The number of hydrogen-bond donors (Lipinski definition) is 4. The molecule has 25 heavy (non-hydrogen) atoms. The molecular weight excluding hydrogens is 364 g/mol. The van der Waals surface area contributed by atoms with Crippen LogP contribution >= 0.6 is 0 Å². The second kappa shape index (κ2) is 6.22. The highest BCUT2D eigenvalue weighted by atomic mass is 32.3. The summed E-state index contributed by atoms with van der Waals surface area (Å²) in [6, 6.07) is -2.46. The number of aromatic nitrogens is 4.